The number of rotatable bonds is 4. The third kappa shape index (κ3) is 4.03. The first-order valence-corrected chi connectivity index (χ1v) is 10.0. The number of aromatic nitrogens is 1. The van der Waals surface area contributed by atoms with E-state index in [0.717, 1.165) is 10.0 Å². The van der Waals surface area contributed by atoms with Crippen LogP contribution in [0.2, 0.25) is 5.02 Å². The highest BCUT2D eigenvalue weighted by Gasteiger charge is 2.17. The van der Waals surface area contributed by atoms with Gasteiger partial charge in [-0.15, -0.1) is 0 Å². The Kier molecular flexibility index (Phi) is 5.48. The lowest BCUT2D eigenvalue weighted by Gasteiger charge is -2.11. The van der Waals surface area contributed by atoms with Crippen LogP contribution in [0, 0.1) is 10.1 Å². The average molecular weight is 483 g/mol. The number of fused-ring (bicyclic) bond motifs is 1. The van der Waals surface area contributed by atoms with Gasteiger partial charge in [0.05, 0.1) is 21.7 Å². The molecule has 30 heavy (non-hydrogen) atoms. The molecule has 0 unspecified atom stereocenters. The molecule has 0 bridgehead atoms. The van der Waals surface area contributed by atoms with Crippen molar-refractivity contribution in [3.63, 3.8) is 0 Å². The summed E-state index contributed by atoms with van der Waals surface area (Å²) in [6.07, 6.45) is 0. The van der Waals surface area contributed by atoms with Crippen LogP contribution in [0.1, 0.15) is 10.4 Å². The van der Waals surface area contributed by atoms with Gasteiger partial charge >= 0.3 is 0 Å². The van der Waals surface area contributed by atoms with Gasteiger partial charge in [-0.25, -0.2) is 4.98 Å². The van der Waals surface area contributed by atoms with E-state index < -0.39 is 10.8 Å². The van der Waals surface area contributed by atoms with E-state index in [4.69, 9.17) is 11.6 Å². The van der Waals surface area contributed by atoms with Crippen LogP contribution >= 0.6 is 27.5 Å². The quantitative estimate of drug-likeness (QED) is 0.266. The summed E-state index contributed by atoms with van der Waals surface area (Å²) in [6.45, 7) is 0. The number of hydrogen-bond acceptors (Lipinski definition) is 4. The van der Waals surface area contributed by atoms with Gasteiger partial charge in [0.1, 0.15) is 5.02 Å². The molecule has 0 fully saturated rings. The van der Waals surface area contributed by atoms with Gasteiger partial charge in [0.15, 0.2) is 0 Å². The van der Waals surface area contributed by atoms with Crippen LogP contribution in [-0.2, 0) is 0 Å². The molecule has 0 saturated heterocycles. The van der Waals surface area contributed by atoms with E-state index in [2.05, 4.69) is 26.2 Å². The fraction of sp³-hybridized carbons (Fsp3) is 0. The Bertz CT molecular complexity index is 1310. The van der Waals surface area contributed by atoms with Crippen molar-refractivity contribution in [3.05, 3.63) is 98.0 Å². The van der Waals surface area contributed by atoms with Crippen LogP contribution < -0.4 is 5.32 Å². The standard InChI is InChI=1S/C22H13BrClN3O3/c23-14-5-3-4-13(10-14)20-12-17(16-6-1-2-7-19(16)26-20)22(28)25-15-8-9-18(24)21(11-15)27(29)30/h1-12H,(H,25,28). The topological polar surface area (TPSA) is 85.1 Å². The van der Waals surface area contributed by atoms with Gasteiger partial charge in [-0.2, -0.15) is 0 Å². The second-order valence-electron chi connectivity index (χ2n) is 6.46. The van der Waals surface area contributed by atoms with E-state index in [-0.39, 0.29) is 16.4 Å². The molecule has 8 heteroatoms. The summed E-state index contributed by atoms with van der Waals surface area (Å²) < 4.78 is 0.898. The summed E-state index contributed by atoms with van der Waals surface area (Å²) in [7, 11) is 0. The van der Waals surface area contributed by atoms with E-state index in [0.29, 0.717) is 22.2 Å². The average Bonchev–Trinajstić information content (AvgIpc) is 2.74. The number of amides is 1. The van der Waals surface area contributed by atoms with Gasteiger partial charge in [-0.05, 0) is 36.4 Å². The predicted molar refractivity (Wildman–Crippen MR) is 121 cm³/mol. The Morgan fingerprint density at radius 2 is 1.83 bits per heavy atom. The van der Waals surface area contributed by atoms with Crippen LogP contribution in [-0.4, -0.2) is 15.8 Å². The van der Waals surface area contributed by atoms with Crippen molar-refractivity contribution in [1.82, 2.24) is 4.98 Å². The number of hydrogen-bond donors (Lipinski definition) is 1. The largest absolute Gasteiger partial charge is 0.322 e. The fourth-order valence-corrected chi connectivity index (χ4v) is 3.67. The molecule has 4 rings (SSSR count). The molecule has 0 spiro atoms. The number of nitro groups is 1. The van der Waals surface area contributed by atoms with Crippen molar-refractivity contribution in [2.45, 2.75) is 0 Å². The highest BCUT2D eigenvalue weighted by Crippen LogP contribution is 2.30. The number of nitro benzene ring substituents is 1. The third-order valence-electron chi connectivity index (χ3n) is 4.48. The lowest BCUT2D eigenvalue weighted by atomic mass is 10.0. The van der Waals surface area contributed by atoms with E-state index in [9.17, 15) is 14.9 Å². The summed E-state index contributed by atoms with van der Waals surface area (Å²) in [5.41, 5.74) is 2.58. The normalized spacial score (nSPS) is 10.7. The minimum Gasteiger partial charge on any atom is -0.322 e. The molecular formula is C22H13BrClN3O3. The lowest BCUT2D eigenvalue weighted by molar-refractivity contribution is -0.384. The first-order chi connectivity index (χ1) is 14.4. The minimum atomic E-state index is -0.592. The number of para-hydroxylation sites is 1. The van der Waals surface area contributed by atoms with Crippen molar-refractivity contribution in [3.8, 4) is 11.3 Å². The van der Waals surface area contributed by atoms with Crippen LogP contribution in [0.5, 0.6) is 0 Å². The van der Waals surface area contributed by atoms with E-state index in [1.165, 1.54) is 18.2 Å². The van der Waals surface area contributed by atoms with Crippen LogP contribution in [0.4, 0.5) is 11.4 Å². The molecule has 1 amide bonds. The highest BCUT2D eigenvalue weighted by atomic mass is 79.9. The Labute approximate surface area is 184 Å². The molecule has 0 aliphatic rings. The zero-order valence-electron chi connectivity index (χ0n) is 15.3. The summed E-state index contributed by atoms with van der Waals surface area (Å²) >= 11 is 9.31. The van der Waals surface area contributed by atoms with Crippen molar-refractivity contribution >= 4 is 55.7 Å². The number of carbonyl (C=O) groups excluding carboxylic acids is 1. The smallest absolute Gasteiger partial charge is 0.289 e. The zero-order chi connectivity index (χ0) is 21.3. The molecule has 1 aromatic heterocycles. The summed E-state index contributed by atoms with van der Waals surface area (Å²) in [5.74, 6) is -0.401. The second kappa shape index (κ2) is 8.22. The number of benzene rings is 3. The van der Waals surface area contributed by atoms with Gasteiger partial charge < -0.3 is 5.32 Å². The summed E-state index contributed by atoms with van der Waals surface area (Å²) in [5, 5.41) is 14.5. The SMILES string of the molecule is O=C(Nc1ccc(Cl)c([N+](=O)[O-])c1)c1cc(-c2cccc(Br)c2)nc2ccccc12. The molecule has 1 N–H and O–H groups in total. The fourth-order valence-electron chi connectivity index (χ4n) is 3.09. The number of carbonyl (C=O) groups is 1. The molecule has 0 radical (unpaired) electrons. The molecule has 0 saturated carbocycles. The number of nitrogens with zero attached hydrogens (tertiary/aromatic N) is 2. The molecule has 6 nitrogen and oxygen atoms in total. The van der Waals surface area contributed by atoms with Crippen LogP contribution in [0.15, 0.2) is 77.3 Å². The Hall–Kier alpha value is -3.29. The maximum atomic E-state index is 13.1. The van der Waals surface area contributed by atoms with Crippen LogP contribution in [0.3, 0.4) is 0 Å². The monoisotopic (exact) mass is 481 g/mol. The van der Waals surface area contributed by atoms with Gasteiger partial charge in [-0.3, -0.25) is 14.9 Å². The number of anilines is 1. The Morgan fingerprint density at radius 1 is 1.03 bits per heavy atom. The molecule has 1 heterocycles. The van der Waals surface area contributed by atoms with Gasteiger partial charge in [0, 0.05) is 27.2 Å². The molecular weight excluding hydrogens is 470 g/mol. The molecule has 3 aromatic carbocycles. The lowest BCUT2D eigenvalue weighted by Crippen LogP contribution is -2.13. The van der Waals surface area contributed by atoms with E-state index >= 15 is 0 Å². The first-order valence-electron chi connectivity index (χ1n) is 8.83. The molecule has 0 atom stereocenters. The van der Waals surface area contributed by atoms with E-state index in [1.54, 1.807) is 6.07 Å². The van der Waals surface area contributed by atoms with Crippen molar-refractivity contribution < 1.29 is 9.72 Å². The maximum Gasteiger partial charge on any atom is 0.289 e. The zero-order valence-corrected chi connectivity index (χ0v) is 17.6. The second-order valence-corrected chi connectivity index (χ2v) is 7.78. The highest BCUT2D eigenvalue weighted by molar-refractivity contribution is 9.10. The molecule has 0 aliphatic heterocycles. The van der Waals surface area contributed by atoms with Crippen LogP contribution in [0.25, 0.3) is 22.2 Å². The Morgan fingerprint density at radius 3 is 2.60 bits per heavy atom. The van der Waals surface area contributed by atoms with Gasteiger partial charge in [-0.1, -0.05) is 57.9 Å². The molecule has 148 valence electrons. The van der Waals surface area contributed by atoms with Crippen molar-refractivity contribution in [1.29, 1.82) is 0 Å². The predicted octanol–water partition coefficient (Wildman–Crippen LogP) is 6.48. The van der Waals surface area contributed by atoms with Crippen molar-refractivity contribution in [2.75, 3.05) is 5.32 Å². The number of pyridine rings is 1. The first kappa shape index (κ1) is 20.0. The third-order valence-corrected chi connectivity index (χ3v) is 5.29. The van der Waals surface area contributed by atoms with Crippen molar-refractivity contribution in [2.24, 2.45) is 0 Å². The number of nitrogens with one attached hydrogen (secondary N) is 1. The van der Waals surface area contributed by atoms with E-state index in [1.807, 2.05) is 48.5 Å². The maximum absolute atomic E-state index is 13.1. The summed E-state index contributed by atoms with van der Waals surface area (Å²) in [4.78, 5) is 28.3. The Balaban J connectivity index is 1.79. The van der Waals surface area contributed by atoms with Gasteiger partial charge in [0.25, 0.3) is 11.6 Å². The number of halogens is 2. The molecule has 0 aliphatic carbocycles. The van der Waals surface area contributed by atoms with Gasteiger partial charge in [0.2, 0.25) is 0 Å². The minimum absolute atomic E-state index is 0.00398. The molecule has 4 aromatic rings. The summed E-state index contributed by atoms with van der Waals surface area (Å²) in [6, 6.07) is 20.8.